The maximum Gasteiger partial charge on any atom is 0.278 e. The van der Waals surface area contributed by atoms with E-state index in [1.807, 2.05) is 6.07 Å². The Kier molecular flexibility index (Phi) is 5.60. The van der Waals surface area contributed by atoms with Crippen LogP contribution in [0.3, 0.4) is 0 Å². The predicted octanol–water partition coefficient (Wildman–Crippen LogP) is 3.34. The lowest BCUT2D eigenvalue weighted by molar-refractivity contribution is -0.113. The molecule has 1 aliphatic carbocycles. The van der Waals surface area contributed by atoms with Crippen LogP contribution in [0.4, 0.5) is 5.69 Å². The fourth-order valence-corrected chi connectivity index (χ4v) is 4.28. The van der Waals surface area contributed by atoms with Gasteiger partial charge in [0.15, 0.2) is 22.4 Å². The number of hydrogen-bond acceptors (Lipinski definition) is 7. The fraction of sp³-hybridized carbons (Fsp3) is 0.0400. The van der Waals surface area contributed by atoms with E-state index in [4.69, 9.17) is 0 Å². The van der Waals surface area contributed by atoms with E-state index in [0.29, 0.717) is 27.9 Å². The third-order valence-electron chi connectivity index (χ3n) is 5.27. The zero-order chi connectivity index (χ0) is 23.7. The molecule has 166 valence electrons. The number of hydrogen-bond donors (Lipinski definition) is 2. The predicted molar refractivity (Wildman–Crippen MR) is 127 cm³/mol. The van der Waals surface area contributed by atoms with E-state index in [-0.39, 0.29) is 39.6 Å². The summed E-state index contributed by atoms with van der Waals surface area (Å²) in [6.07, 6.45) is 0. The molecule has 4 aromatic rings. The summed E-state index contributed by atoms with van der Waals surface area (Å²) < 4.78 is 0. The summed E-state index contributed by atoms with van der Waals surface area (Å²) >= 11 is 1.02. The smallest absolute Gasteiger partial charge is 0.278 e. The van der Waals surface area contributed by atoms with E-state index in [2.05, 4.69) is 20.5 Å². The summed E-state index contributed by atoms with van der Waals surface area (Å²) in [6.45, 7) is 0. The highest BCUT2D eigenvalue weighted by atomic mass is 32.2. The molecule has 5 rings (SSSR count). The number of benzene rings is 3. The average molecular weight is 468 g/mol. The van der Waals surface area contributed by atoms with E-state index >= 15 is 0 Å². The fourth-order valence-electron chi connectivity index (χ4n) is 3.68. The number of aromatic nitrogens is 3. The van der Waals surface area contributed by atoms with Crippen LogP contribution in [0.25, 0.3) is 11.3 Å². The highest BCUT2D eigenvalue weighted by molar-refractivity contribution is 7.99. The lowest BCUT2D eigenvalue weighted by atomic mass is 9.84. The van der Waals surface area contributed by atoms with Crippen LogP contribution in [0.2, 0.25) is 0 Å². The zero-order valence-corrected chi connectivity index (χ0v) is 18.4. The molecule has 0 spiro atoms. The van der Waals surface area contributed by atoms with Crippen LogP contribution >= 0.6 is 11.8 Å². The first kappa shape index (κ1) is 21.5. The van der Waals surface area contributed by atoms with Crippen LogP contribution in [0.1, 0.15) is 31.8 Å². The van der Waals surface area contributed by atoms with Gasteiger partial charge in [-0.05, 0) is 18.2 Å². The van der Waals surface area contributed by atoms with Crippen molar-refractivity contribution in [2.45, 2.75) is 5.16 Å². The molecule has 3 aromatic carbocycles. The average Bonchev–Trinajstić information content (AvgIpc) is 2.86. The number of nitrogens with one attached hydrogen (secondary N) is 2. The molecule has 0 saturated carbocycles. The Morgan fingerprint density at radius 1 is 0.794 bits per heavy atom. The molecular weight excluding hydrogens is 452 g/mol. The van der Waals surface area contributed by atoms with Crippen molar-refractivity contribution >= 4 is 34.9 Å². The first-order valence-corrected chi connectivity index (χ1v) is 11.3. The number of thioether (sulfide) groups is 1. The number of carbonyl (C=O) groups excluding carboxylic acids is 3. The summed E-state index contributed by atoms with van der Waals surface area (Å²) in [4.78, 5) is 52.9. The minimum Gasteiger partial charge on any atom is -0.325 e. The highest BCUT2D eigenvalue weighted by Gasteiger charge is 2.29. The van der Waals surface area contributed by atoms with Crippen LogP contribution < -0.4 is 10.9 Å². The topological polar surface area (TPSA) is 122 Å². The molecule has 0 fully saturated rings. The Morgan fingerprint density at radius 3 is 2.15 bits per heavy atom. The van der Waals surface area contributed by atoms with Crippen molar-refractivity contribution < 1.29 is 14.4 Å². The number of amides is 1. The molecule has 0 saturated heterocycles. The third kappa shape index (κ3) is 4.04. The standard InChI is InChI=1S/C25H16N4O4S/c30-20(13-34-25-27-24(33)21(28-29-25)14-6-2-1-3-7-14)26-15-10-11-18-19(12-15)23(32)17-9-5-4-8-16(17)22(18)31/h1-12H,13H2,(H,26,30)(H,27,29,33). The first-order valence-electron chi connectivity index (χ1n) is 10.3. The lowest BCUT2D eigenvalue weighted by Crippen LogP contribution is -2.22. The number of nitrogens with zero attached hydrogens (tertiary/aromatic N) is 2. The van der Waals surface area contributed by atoms with E-state index in [0.717, 1.165) is 11.8 Å². The van der Waals surface area contributed by atoms with Gasteiger partial charge < -0.3 is 5.32 Å². The maximum atomic E-state index is 12.8. The Bertz CT molecular complexity index is 1520. The summed E-state index contributed by atoms with van der Waals surface area (Å²) in [5.41, 5.74) is 2.12. The van der Waals surface area contributed by atoms with E-state index in [1.54, 1.807) is 60.7 Å². The van der Waals surface area contributed by atoms with Crippen LogP contribution in [-0.4, -0.2) is 38.4 Å². The molecular formula is C25H16N4O4S. The number of carbonyl (C=O) groups is 3. The van der Waals surface area contributed by atoms with Crippen molar-refractivity contribution in [3.63, 3.8) is 0 Å². The van der Waals surface area contributed by atoms with Gasteiger partial charge in [0.05, 0.1) is 5.75 Å². The maximum absolute atomic E-state index is 12.8. The molecule has 9 heteroatoms. The van der Waals surface area contributed by atoms with Gasteiger partial charge in [0.1, 0.15) is 0 Å². The highest BCUT2D eigenvalue weighted by Crippen LogP contribution is 2.29. The number of anilines is 1. The van der Waals surface area contributed by atoms with Gasteiger partial charge in [-0.15, -0.1) is 10.2 Å². The normalized spacial score (nSPS) is 12.1. The first-order chi connectivity index (χ1) is 16.5. The second-order valence-electron chi connectivity index (χ2n) is 7.47. The van der Waals surface area contributed by atoms with Crippen LogP contribution in [-0.2, 0) is 4.79 Å². The summed E-state index contributed by atoms with van der Waals surface area (Å²) in [6, 6.07) is 20.2. The summed E-state index contributed by atoms with van der Waals surface area (Å²) in [5, 5.41) is 10.9. The van der Waals surface area contributed by atoms with Crippen LogP contribution in [0, 0.1) is 0 Å². The zero-order valence-electron chi connectivity index (χ0n) is 17.6. The molecule has 8 nitrogen and oxygen atoms in total. The van der Waals surface area contributed by atoms with E-state index in [9.17, 15) is 19.2 Å². The van der Waals surface area contributed by atoms with Gasteiger partial charge in [-0.1, -0.05) is 66.4 Å². The van der Waals surface area contributed by atoms with Gasteiger partial charge in [0.25, 0.3) is 5.56 Å². The molecule has 0 bridgehead atoms. The SMILES string of the molecule is O=C(CSc1nnc(-c2ccccc2)c(=O)[nH]1)Nc1ccc2c(c1)C(=O)c1ccccc1C2=O. The minimum absolute atomic E-state index is 0.0396. The van der Waals surface area contributed by atoms with Crippen molar-refractivity contribution in [3.05, 3.63) is 105 Å². The molecule has 0 aliphatic heterocycles. The Balaban J connectivity index is 1.27. The largest absolute Gasteiger partial charge is 0.325 e. The second-order valence-corrected chi connectivity index (χ2v) is 8.44. The third-order valence-corrected chi connectivity index (χ3v) is 6.14. The number of fused-ring (bicyclic) bond motifs is 2. The van der Waals surface area contributed by atoms with Gasteiger partial charge >= 0.3 is 0 Å². The Hall–Kier alpha value is -4.37. The molecule has 1 heterocycles. The van der Waals surface area contributed by atoms with Crippen molar-refractivity contribution in [2.75, 3.05) is 11.1 Å². The summed E-state index contributed by atoms with van der Waals surface area (Å²) in [5.74, 6) is -0.890. The van der Waals surface area contributed by atoms with Gasteiger partial charge in [-0.3, -0.25) is 24.2 Å². The number of rotatable bonds is 5. The minimum atomic E-state index is -0.401. The van der Waals surface area contributed by atoms with Crippen molar-refractivity contribution in [1.82, 2.24) is 15.2 Å². The quantitative estimate of drug-likeness (QED) is 0.379. The second kappa shape index (κ2) is 8.87. The van der Waals surface area contributed by atoms with Gasteiger partial charge in [-0.25, -0.2) is 0 Å². The summed E-state index contributed by atoms with van der Waals surface area (Å²) in [7, 11) is 0. The van der Waals surface area contributed by atoms with Crippen molar-refractivity contribution in [3.8, 4) is 11.3 Å². The Morgan fingerprint density at radius 2 is 1.44 bits per heavy atom. The van der Waals surface area contributed by atoms with Crippen molar-refractivity contribution in [1.29, 1.82) is 0 Å². The lowest BCUT2D eigenvalue weighted by Gasteiger charge is -2.18. The molecule has 2 N–H and O–H groups in total. The molecule has 0 atom stereocenters. The van der Waals surface area contributed by atoms with Crippen molar-refractivity contribution in [2.24, 2.45) is 0 Å². The van der Waals surface area contributed by atoms with Gasteiger partial charge in [0, 0.05) is 33.5 Å². The Labute approximate surface area is 197 Å². The van der Waals surface area contributed by atoms with Crippen LogP contribution in [0.5, 0.6) is 0 Å². The number of H-pyrrole nitrogens is 1. The molecule has 0 radical (unpaired) electrons. The van der Waals surface area contributed by atoms with Gasteiger partial charge in [-0.2, -0.15) is 0 Å². The molecule has 1 aliphatic rings. The molecule has 1 amide bonds. The van der Waals surface area contributed by atoms with E-state index in [1.165, 1.54) is 6.07 Å². The van der Waals surface area contributed by atoms with Crippen LogP contribution in [0.15, 0.2) is 82.7 Å². The molecule has 0 unspecified atom stereocenters. The number of aromatic amines is 1. The molecule has 34 heavy (non-hydrogen) atoms. The number of ketones is 2. The van der Waals surface area contributed by atoms with E-state index < -0.39 is 5.56 Å². The molecule has 1 aromatic heterocycles. The monoisotopic (exact) mass is 468 g/mol. The van der Waals surface area contributed by atoms with Gasteiger partial charge in [0.2, 0.25) is 5.91 Å².